The molecule has 1 saturated carbocycles. The number of ether oxygens (including phenoxy) is 1. The average molecular weight is 165 g/mol. The molecule has 2 fully saturated rings. The Labute approximate surface area is 87.4 Å². The summed E-state index contributed by atoms with van der Waals surface area (Å²) in [5, 5.41) is 8.54. The summed E-state index contributed by atoms with van der Waals surface area (Å²) in [6, 6.07) is 0. The topological polar surface area (TPSA) is 46.5 Å². The molecule has 2 rings (SSSR count). The number of carboxylic acids is 1. The Bertz CT molecular complexity index is 169. The van der Waals surface area contributed by atoms with E-state index in [0.717, 1.165) is 26.1 Å². The van der Waals surface area contributed by atoms with E-state index >= 15 is 0 Å². The molecule has 0 amide bonds. The summed E-state index contributed by atoms with van der Waals surface area (Å²) in [5.74, 6) is -0.721. The molecule has 0 unspecified atom stereocenters. The monoisotopic (exact) mass is 165 g/mol. The third-order valence-electron chi connectivity index (χ3n) is 2.52. The first-order chi connectivity index (χ1) is 4.72. The summed E-state index contributed by atoms with van der Waals surface area (Å²) >= 11 is 0. The summed E-state index contributed by atoms with van der Waals surface area (Å²) in [6.45, 7) is 1.58. The molecule has 1 saturated heterocycles. The van der Waals surface area contributed by atoms with Gasteiger partial charge in [-0.25, -0.2) is 0 Å². The van der Waals surface area contributed by atoms with Crippen LogP contribution in [0.1, 0.15) is 12.8 Å². The maximum atomic E-state index is 10.4. The molecule has 4 heteroatoms. The minimum atomic E-state index is -0.641. The van der Waals surface area contributed by atoms with Crippen LogP contribution in [0.2, 0.25) is 0 Å². The van der Waals surface area contributed by atoms with Crippen LogP contribution in [-0.2, 0) is 9.53 Å². The molecule has 3 nitrogen and oxygen atoms in total. The molecule has 1 aliphatic carbocycles. The van der Waals surface area contributed by atoms with Crippen LogP contribution in [0.15, 0.2) is 0 Å². The third kappa shape index (κ3) is 1.47. The summed E-state index contributed by atoms with van der Waals surface area (Å²) in [4.78, 5) is 10.4. The van der Waals surface area contributed by atoms with Crippen LogP contribution in [0, 0.1) is 11.3 Å². The number of carboxylic acid groups (broad SMARTS) is 1. The van der Waals surface area contributed by atoms with Crippen molar-refractivity contribution in [1.29, 1.82) is 0 Å². The van der Waals surface area contributed by atoms with Crippen LogP contribution in [-0.4, -0.2) is 53.8 Å². The fraction of sp³-hybridized carbons (Fsp3) is 0.857. The molecular formula is C7H10NaO3. The molecule has 1 radical (unpaired) electrons. The Morgan fingerprint density at radius 3 is 2.27 bits per heavy atom. The van der Waals surface area contributed by atoms with E-state index in [0.29, 0.717) is 5.41 Å². The molecule has 0 bridgehead atoms. The molecule has 1 heterocycles. The van der Waals surface area contributed by atoms with Gasteiger partial charge in [0, 0.05) is 35.0 Å². The van der Waals surface area contributed by atoms with Crippen molar-refractivity contribution in [2.45, 2.75) is 12.8 Å². The number of hydrogen-bond acceptors (Lipinski definition) is 2. The summed E-state index contributed by atoms with van der Waals surface area (Å²) in [7, 11) is 0. The van der Waals surface area contributed by atoms with Crippen molar-refractivity contribution in [3.05, 3.63) is 0 Å². The van der Waals surface area contributed by atoms with Gasteiger partial charge in [0.15, 0.2) is 0 Å². The van der Waals surface area contributed by atoms with Gasteiger partial charge in [-0.15, -0.1) is 0 Å². The molecular weight excluding hydrogens is 155 g/mol. The molecule has 1 N–H and O–H groups in total. The second-order valence-corrected chi connectivity index (χ2v) is 3.44. The first-order valence-electron chi connectivity index (χ1n) is 3.52. The zero-order chi connectivity index (χ0) is 7.19. The second-order valence-electron chi connectivity index (χ2n) is 3.44. The van der Waals surface area contributed by atoms with E-state index in [1.54, 1.807) is 0 Å². The van der Waals surface area contributed by atoms with Crippen molar-refractivity contribution in [3.63, 3.8) is 0 Å². The molecule has 2 aliphatic rings. The van der Waals surface area contributed by atoms with Crippen molar-refractivity contribution in [2.24, 2.45) is 11.3 Å². The average Bonchev–Trinajstić information content (AvgIpc) is 1.54. The van der Waals surface area contributed by atoms with Gasteiger partial charge in [-0.05, 0) is 12.8 Å². The van der Waals surface area contributed by atoms with Gasteiger partial charge in [-0.1, -0.05) is 0 Å². The SMILES string of the molecule is O=C(O)C1CC2(COC2)C1.[Na]. The minimum absolute atomic E-state index is 0. The number of carbonyl (C=O) groups is 1. The largest absolute Gasteiger partial charge is 0.481 e. The normalized spacial score (nSPS) is 26.5. The predicted octanol–water partition coefficient (Wildman–Crippen LogP) is 0.117. The third-order valence-corrected chi connectivity index (χ3v) is 2.52. The summed E-state index contributed by atoms with van der Waals surface area (Å²) in [6.07, 6.45) is 1.67. The van der Waals surface area contributed by atoms with Crippen LogP contribution in [0.5, 0.6) is 0 Å². The van der Waals surface area contributed by atoms with Gasteiger partial charge in [-0.3, -0.25) is 4.79 Å². The standard InChI is InChI=1S/C7H10O3.Na/c8-6(9)5-1-7(2-5)3-10-4-7;/h5H,1-4H2,(H,8,9);. The maximum absolute atomic E-state index is 10.4. The Morgan fingerprint density at radius 1 is 1.45 bits per heavy atom. The van der Waals surface area contributed by atoms with Gasteiger partial charge in [0.1, 0.15) is 0 Å². The second kappa shape index (κ2) is 3.05. The smallest absolute Gasteiger partial charge is 0.306 e. The van der Waals surface area contributed by atoms with E-state index in [9.17, 15) is 4.79 Å². The molecule has 0 atom stereocenters. The molecule has 0 aromatic carbocycles. The minimum Gasteiger partial charge on any atom is -0.481 e. The Kier molecular flexibility index (Phi) is 2.64. The van der Waals surface area contributed by atoms with Crippen LogP contribution in [0.4, 0.5) is 0 Å². The van der Waals surface area contributed by atoms with Gasteiger partial charge in [-0.2, -0.15) is 0 Å². The van der Waals surface area contributed by atoms with Gasteiger partial charge in [0.25, 0.3) is 0 Å². The molecule has 57 valence electrons. The van der Waals surface area contributed by atoms with E-state index in [1.165, 1.54) is 0 Å². The van der Waals surface area contributed by atoms with E-state index in [-0.39, 0.29) is 35.5 Å². The van der Waals surface area contributed by atoms with E-state index in [2.05, 4.69) is 0 Å². The van der Waals surface area contributed by atoms with E-state index < -0.39 is 5.97 Å². The van der Waals surface area contributed by atoms with Crippen molar-refractivity contribution < 1.29 is 14.6 Å². The fourth-order valence-corrected chi connectivity index (χ4v) is 1.79. The van der Waals surface area contributed by atoms with Gasteiger partial charge in [0.2, 0.25) is 0 Å². The van der Waals surface area contributed by atoms with E-state index in [1.807, 2.05) is 0 Å². The zero-order valence-electron chi connectivity index (χ0n) is 6.67. The van der Waals surface area contributed by atoms with Crippen LogP contribution in [0.3, 0.4) is 0 Å². The van der Waals surface area contributed by atoms with Crippen molar-refractivity contribution in [3.8, 4) is 0 Å². The first kappa shape index (κ1) is 9.52. The van der Waals surface area contributed by atoms with Gasteiger partial charge < -0.3 is 9.84 Å². The van der Waals surface area contributed by atoms with Crippen molar-refractivity contribution in [2.75, 3.05) is 13.2 Å². The summed E-state index contributed by atoms with van der Waals surface area (Å²) < 4.78 is 5.02. The summed E-state index contributed by atoms with van der Waals surface area (Å²) in [5.41, 5.74) is 0.295. The first-order valence-corrected chi connectivity index (χ1v) is 3.52. The molecule has 0 aromatic heterocycles. The van der Waals surface area contributed by atoms with Crippen LogP contribution in [0.25, 0.3) is 0 Å². The zero-order valence-corrected chi connectivity index (χ0v) is 8.67. The fourth-order valence-electron chi connectivity index (χ4n) is 1.79. The number of aliphatic carboxylic acids is 1. The quantitative estimate of drug-likeness (QED) is 0.561. The maximum Gasteiger partial charge on any atom is 0.306 e. The van der Waals surface area contributed by atoms with E-state index in [4.69, 9.17) is 9.84 Å². The number of rotatable bonds is 1. The molecule has 0 aromatic rings. The molecule has 11 heavy (non-hydrogen) atoms. The Hall–Kier alpha value is 0.430. The predicted molar refractivity (Wildman–Crippen MR) is 39.4 cm³/mol. The Balaban J connectivity index is 0.000000605. The Morgan fingerprint density at radius 2 is 2.00 bits per heavy atom. The van der Waals surface area contributed by atoms with Crippen LogP contribution < -0.4 is 0 Å². The van der Waals surface area contributed by atoms with Gasteiger partial charge >= 0.3 is 5.97 Å². The molecule has 1 aliphatic heterocycles. The number of hydrogen-bond donors (Lipinski definition) is 1. The van der Waals surface area contributed by atoms with Crippen molar-refractivity contribution >= 4 is 35.5 Å². The van der Waals surface area contributed by atoms with Crippen molar-refractivity contribution in [1.82, 2.24) is 0 Å². The molecule has 1 spiro atoms. The van der Waals surface area contributed by atoms with Gasteiger partial charge in [0.05, 0.1) is 19.1 Å². The van der Waals surface area contributed by atoms with Crippen LogP contribution >= 0.6 is 0 Å².